The molecule has 9 unspecified atom stereocenters. The molecule has 3 aromatic heterocycles. The van der Waals surface area contributed by atoms with E-state index in [-0.39, 0.29) is 47.0 Å². The lowest BCUT2D eigenvalue weighted by atomic mass is 9.66. The molecule has 10 N–H and O–H groups in total. The van der Waals surface area contributed by atoms with Gasteiger partial charge < -0.3 is 65.1 Å². The van der Waals surface area contributed by atoms with Crippen molar-refractivity contribution in [2.45, 2.75) is 81.6 Å². The minimum Gasteiger partial charge on any atom is -0.508 e. The van der Waals surface area contributed by atoms with Gasteiger partial charge in [0.25, 0.3) is 0 Å². The fraction of sp³-hybridized carbons (Fsp3) is 0.429. The average molecular weight is 909 g/mol. The molecule has 6 aromatic rings. The number of H-pyrrole nitrogens is 1. The predicted molar refractivity (Wildman–Crippen MR) is 242 cm³/mol. The van der Waals surface area contributed by atoms with Crippen molar-refractivity contribution in [1.82, 2.24) is 20.2 Å². The van der Waals surface area contributed by atoms with Crippen molar-refractivity contribution in [2.75, 3.05) is 33.4 Å². The van der Waals surface area contributed by atoms with Crippen LogP contribution in [-0.4, -0.2) is 120 Å². The molecule has 9 rings (SSSR count). The van der Waals surface area contributed by atoms with Crippen LogP contribution in [0.3, 0.4) is 0 Å². The lowest BCUT2D eigenvalue weighted by molar-refractivity contribution is -0.376. The highest BCUT2D eigenvalue weighted by atomic mass is 17.2. The molecule has 1 spiro atoms. The number of hydrogen-bond donors (Lipinski definition) is 10. The molecule has 350 valence electrons. The van der Waals surface area contributed by atoms with Crippen LogP contribution in [0.25, 0.3) is 38.3 Å². The summed E-state index contributed by atoms with van der Waals surface area (Å²) in [4.78, 5) is 42.3. The summed E-state index contributed by atoms with van der Waals surface area (Å²) in [5.74, 6) is -0.0225. The Bertz CT molecular complexity index is 2890. The lowest BCUT2D eigenvalue weighted by Crippen LogP contribution is -2.62. The second-order valence-corrected chi connectivity index (χ2v) is 18.1. The van der Waals surface area contributed by atoms with Gasteiger partial charge in [-0.15, -0.1) is 0 Å². The van der Waals surface area contributed by atoms with Crippen LogP contribution in [0.15, 0.2) is 82.3 Å². The van der Waals surface area contributed by atoms with Gasteiger partial charge in [-0.25, -0.2) is 9.78 Å². The number of aromatic hydroxyl groups is 2. The van der Waals surface area contributed by atoms with E-state index in [9.17, 15) is 45.3 Å². The van der Waals surface area contributed by atoms with Gasteiger partial charge >= 0.3 is 0 Å². The molecule has 66 heavy (non-hydrogen) atoms. The molecule has 9 atom stereocenters. The van der Waals surface area contributed by atoms with Crippen LogP contribution in [0, 0.1) is 24.7 Å². The second-order valence-electron chi connectivity index (χ2n) is 18.1. The highest BCUT2D eigenvalue weighted by Gasteiger charge is 2.56. The highest BCUT2D eigenvalue weighted by molar-refractivity contribution is 5.93. The van der Waals surface area contributed by atoms with E-state index in [1.54, 1.807) is 13.0 Å². The number of hydrogen-bond acceptors (Lipinski definition) is 14. The Hall–Kier alpha value is -5.76. The third-order valence-electron chi connectivity index (χ3n) is 13.9. The van der Waals surface area contributed by atoms with Gasteiger partial charge in [0.05, 0.1) is 17.5 Å². The third-order valence-corrected chi connectivity index (χ3v) is 13.9. The van der Waals surface area contributed by atoms with Crippen LogP contribution < -0.4 is 20.8 Å². The Kier molecular flexibility index (Phi) is 12.2. The number of rotatable bonds is 15. The number of ether oxygens (including phenoxy) is 1. The van der Waals surface area contributed by atoms with Gasteiger partial charge in [-0.05, 0) is 86.0 Å². The zero-order valence-corrected chi connectivity index (χ0v) is 36.9. The SMILES string of the molecule is CCc1c2cc[nH]c2cn1-c1c2c(cc3c(=O)cc(C)oc13)CC(OOCC(O)(Cc1ccc(O)c3ccc(O)cc13)C(O)C(O)C(O)CO)C1(CC(C3CNC(=O)C3)C=CC1CNC)O2. The molecule has 1 saturated heterocycles. The lowest BCUT2D eigenvalue weighted by Gasteiger charge is -2.51. The fourth-order valence-corrected chi connectivity index (χ4v) is 10.5. The van der Waals surface area contributed by atoms with Crippen molar-refractivity contribution >= 4 is 38.6 Å². The number of aromatic amines is 1. The van der Waals surface area contributed by atoms with Crippen LogP contribution >= 0.6 is 0 Å². The van der Waals surface area contributed by atoms with E-state index >= 15 is 0 Å². The van der Waals surface area contributed by atoms with Crippen LogP contribution in [0.5, 0.6) is 17.2 Å². The van der Waals surface area contributed by atoms with Crippen LogP contribution in [0.2, 0.25) is 0 Å². The third kappa shape index (κ3) is 7.92. The van der Waals surface area contributed by atoms with Crippen LogP contribution in [-0.2, 0) is 33.8 Å². The monoisotopic (exact) mass is 908 g/mol. The summed E-state index contributed by atoms with van der Waals surface area (Å²) in [5, 5.41) is 84.5. The molecule has 0 saturated carbocycles. The molecule has 1 amide bonds. The normalized spacial score (nSPS) is 24.1. The molecule has 3 aliphatic rings. The van der Waals surface area contributed by atoms with Crippen molar-refractivity contribution in [2.24, 2.45) is 17.8 Å². The van der Waals surface area contributed by atoms with Gasteiger partial charge in [-0.3, -0.25) is 9.59 Å². The number of amides is 1. The Morgan fingerprint density at radius 3 is 2.58 bits per heavy atom. The Labute approximate surface area is 378 Å². The molecule has 5 heterocycles. The average Bonchev–Trinajstić information content (AvgIpc) is 4.04. The minimum atomic E-state index is -2.44. The van der Waals surface area contributed by atoms with Crippen molar-refractivity contribution in [1.29, 1.82) is 0 Å². The summed E-state index contributed by atoms with van der Waals surface area (Å²) in [5.41, 5.74) is -0.295. The molecule has 17 nitrogen and oxygen atoms in total. The highest BCUT2D eigenvalue weighted by Crippen LogP contribution is 2.51. The number of aliphatic hydroxyl groups is 5. The first-order valence-corrected chi connectivity index (χ1v) is 22.3. The topological polar surface area (TPSA) is 261 Å². The number of benzene rings is 3. The van der Waals surface area contributed by atoms with E-state index in [2.05, 4.69) is 27.8 Å². The van der Waals surface area contributed by atoms with Crippen molar-refractivity contribution in [3.63, 3.8) is 0 Å². The second kappa shape index (κ2) is 17.8. The fourth-order valence-electron chi connectivity index (χ4n) is 10.5. The van der Waals surface area contributed by atoms with Crippen molar-refractivity contribution in [3.8, 4) is 22.9 Å². The number of allylic oxidation sites excluding steroid dienone is 1. The minimum absolute atomic E-state index is 0.0524. The summed E-state index contributed by atoms with van der Waals surface area (Å²) in [6, 6.07) is 12.3. The molecule has 0 radical (unpaired) electrons. The van der Waals surface area contributed by atoms with E-state index in [0.717, 1.165) is 16.6 Å². The largest absolute Gasteiger partial charge is 0.508 e. The van der Waals surface area contributed by atoms with E-state index in [4.69, 9.17) is 18.9 Å². The Morgan fingerprint density at radius 2 is 1.83 bits per heavy atom. The summed E-state index contributed by atoms with van der Waals surface area (Å²) < 4.78 is 16.0. The number of aliphatic hydroxyl groups excluding tert-OH is 4. The van der Waals surface area contributed by atoms with Gasteiger partial charge in [-0.1, -0.05) is 25.1 Å². The number of fused-ring (bicyclic) bond motifs is 4. The van der Waals surface area contributed by atoms with Crippen molar-refractivity contribution in [3.05, 3.63) is 106 Å². The predicted octanol–water partition coefficient (Wildman–Crippen LogP) is 3.09. The number of aryl methyl sites for hydroxylation is 2. The zero-order valence-electron chi connectivity index (χ0n) is 36.9. The van der Waals surface area contributed by atoms with Gasteiger partial charge in [0.15, 0.2) is 16.8 Å². The number of phenolic OH excluding ortho intramolecular Hbond substituents is 2. The summed E-state index contributed by atoms with van der Waals surface area (Å²) >= 11 is 0. The van der Waals surface area contributed by atoms with E-state index < -0.39 is 55.3 Å². The van der Waals surface area contributed by atoms with E-state index in [1.807, 2.05) is 37.0 Å². The molecule has 2 aliphatic heterocycles. The van der Waals surface area contributed by atoms with Crippen molar-refractivity contribution < 1.29 is 59.5 Å². The molecule has 17 heteroatoms. The maximum absolute atomic E-state index is 13.9. The molecular formula is C49H56N4O13. The van der Waals surface area contributed by atoms with E-state index in [1.165, 1.54) is 36.4 Å². The number of nitrogens with zero attached hydrogens (tertiary/aromatic N) is 1. The molecule has 3 aromatic carbocycles. The first kappa shape index (κ1) is 45.4. The summed E-state index contributed by atoms with van der Waals surface area (Å²) in [7, 11) is 1.82. The standard InChI is InChI=1S/C49H56N4O13/c1-4-37-33-11-12-51-36(33)22-53(37)43-45-28(14-35-39(57)13-25(2)64-46(35)43)15-41(49(65-45)19-26(5-7-30(49)21-50-3)29-16-42(59)52-20-29)66-63-24-48(62,47(61)44(60)40(58)23-54)18-27-6-10-38(56)32-9-8-31(55)17-34(27)32/h5-14,17,22,26,29-30,40-41,44,47,50-51,54-56,58,60-62H,4,15-16,18-21,23-24H2,1-3H3,(H,52,59). The summed E-state index contributed by atoms with van der Waals surface area (Å²) in [6.07, 6.45) is 1.95. The number of carbonyl (C=O) groups excluding carboxylic acids is 1. The number of carbonyl (C=O) groups is 1. The maximum atomic E-state index is 13.9. The van der Waals surface area contributed by atoms with Gasteiger partial charge in [0.1, 0.15) is 65.2 Å². The quantitative estimate of drug-likeness (QED) is 0.0404. The molecule has 1 fully saturated rings. The van der Waals surface area contributed by atoms with Gasteiger partial charge in [-0.2, -0.15) is 0 Å². The first-order valence-electron chi connectivity index (χ1n) is 22.3. The van der Waals surface area contributed by atoms with Gasteiger partial charge in [0.2, 0.25) is 5.91 Å². The van der Waals surface area contributed by atoms with Crippen LogP contribution in [0.4, 0.5) is 0 Å². The smallest absolute Gasteiger partial charge is 0.220 e. The Morgan fingerprint density at radius 1 is 1.02 bits per heavy atom. The Balaban J connectivity index is 1.17. The first-order chi connectivity index (χ1) is 31.7. The molecule has 1 aliphatic carbocycles. The van der Waals surface area contributed by atoms with Crippen LogP contribution in [0.1, 0.15) is 42.3 Å². The number of nitrogens with one attached hydrogen (secondary N) is 3. The number of aromatic nitrogens is 2. The zero-order chi connectivity index (χ0) is 46.7. The molecule has 0 bridgehead atoms. The van der Waals surface area contributed by atoms with Gasteiger partial charge in [0, 0.05) is 78.8 Å². The molecular weight excluding hydrogens is 853 g/mol. The number of phenols is 2. The van der Waals surface area contributed by atoms with E-state index in [0.29, 0.717) is 82.4 Å². The summed E-state index contributed by atoms with van der Waals surface area (Å²) in [6.45, 7) is 2.92. The maximum Gasteiger partial charge on any atom is 0.220 e.